The highest BCUT2D eigenvalue weighted by Gasteiger charge is 2.10. The standard InChI is InChI=1S/C23H22ClNO3/c1-15(2)17-6-3-16(4-7-17)5-12-23(27)25-18-8-10-20(21(24)13-18)22-11-9-19(14-26)28-22/h3-13,15,26H,14H2,1-2H3,(H,25,27)/b12-5+. The van der Waals surface area contributed by atoms with Gasteiger partial charge in [-0.05, 0) is 53.5 Å². The van der Waals surface area contributed by atoms with Crippen LogP contribution in [0.4, 0.5) is 5.69 Å². The zero-order chi connectivity index (χ0) is 20.1. The van der Waals surface area contributed by atoms with Crippen molar-refractivity contribution < 1.29 is 14.3 Å². The number of aliphatic hydroxyl groups excluding tert-OH is 1. The van der Waals surface area contributed by atoms with Gasteiger partial charge in [-0.1, -0.05) is 49.7 Å². The third-order valence-corrected chi connectivity index (χ3v) is 4.66. The molecular formula is C23H22ClNO3. The van der Waals surface area contributed by atoms with E-state index in [1.54, 1.807) is 36.4 Å². The van der Waals surface area contributed by atoms with E-state index in [2.05, 4.69) is 31.3 Å². The van der Waals surface area contributed by atoms with Crippen LogP contribution in [0, 0.1) is 0 Å². The van der Waals surface area contributed by atoms with Gasteiger partial charge in [-0.3, -0.25) is 4.79 Å². The van der Waals surface area contributed by atoms with E-state index in [1.807, 2.05) is 12.1 Å². The number of hydrogen-bond acceptors (Lipinski definition) is 3. The van der Waals surface area contributed by atoms with Gasteiger partial charge in [-0.25, -0.2) is 0 Å². The van der Waals surface area contributed by atoms with Crippen LogP contribution in [0.15, 0.2) is 65.1 Å². The fraction of sp³-hybridized carbons (Fsp3) is 0.174. The number of anilines is 1. The van der Waals surface area contributed by atoms with E-state index in [1.165, 1.54) is 11.6 Å². The van der Waals surface area contributed by atoms with Crippen molar-refractivity contribution in [2.24, 2.45) is 0 Å². The molecule has 0 aliphatic carbocycles. The number of rotatable bonds is 6. The Morgan fingerprint density at radius 1 is 1.14 bits per heavy atom. The Bertz CT molecular complexity index is 987. The average Bonchev–Trinajstić information content (AvgIpc) is 3.16. The Hall–Kier alpha value is -2.82. The van der Waals surface area contributed by atoms with Crippen LogP contribution >= 0.6 is 11.6 Å². The van der Waals surface area contributed by atoms with Crippen molar-refractivity contribution >= 4 is 29.3 Å². The van der Waals surface area contributed by atoms with Crippen molar-refractivity contribution in [1.82, 2.24) is 0 Å². The van der Waals surface area contributed by atoms with Gasteiger partial charge in [-0.2, -0.15) is 0 Å². The second kappa shape index (κ2) is 8.91. The Morgan fingerprint density at radius 2 is 1.89 bits per heavy atom. The van der Waals surface area contributed by atoms with E-state index in [-0.39, 0.29) is 12.5 Å². The summed E-state index contributed by atoms with van der Waals surface area (Å²) in [6, 6.07) is 16.8. The molecule has 0 saturated carbocycles. The number of furan rings is 1. The van der Waals surface area contributed by atoms with Crippen LogP contribution < -0.4 is 5.32 Å². The number of carbonyl (C=O) groups excluding carboxylic acids is 1. The third kappa shape index (κ3) is 4.91. The van der Waals surface area contributed by atoms with Crippen molar-refractivity contribution in [3.05, 3.63) is 82.6 Å². The van der Waals surface area contributed by atoms with E-state index >= 15 is 0 Å². The first-order valence-corrected chi connectivity index (χ1v) is 9.42. The summed E-state index contributed by atoms with van der Waals surface area (Å²) in [7, 11) is 0. The average molecular weight is 396 g/mol. The normalized spacial score (nSPS) is 11.3. The number of hydrogen-bond donors (Lipinski definition) is 2. The van der Waals surface area contributed by atoms with E-state index in [0.717, 1.165) is 5.56 Å². The zero-order valence-electron chi connectivity index (χ0n) is 15.8. The van der Waals surface area contributed by atoms with Crippen LogP contribution in [0.2, 0.25) is 5.02 Å². The summed E-state index contributed by atoms with van der Waals surface area (Å²) < 4.78 is 5.50. The van der Waals surface area contributed by atoms with Gasteiger partial charge in [0.05, 0.1) is 5.02 Å². The molecule has 0 bridgehead atoms. The van der Waals surface area contributed by atoms with Crippen LogP contribution in [0.25, 0.3) is 17.4 Å². The first-order chi connectivity index (χ1) is 13.5. The number of aliphatic hydroxyl groups is 1. The number of halogens is 1. The molecular weight excluding hydrogens is 374 g/mol. The maximum absolute atomic E-state index is 12.2. The van der Waals surface area contributed by atoms with Crippen LogP contribution in [-0.4, -0.2) is 11.0 Å². The molecule has 0 aliphatic rings. The van der Waals surface area contributed by atoms with Crippen molar-refractivity contribution in [3.63, 3.8) is 0 Å². The second-order valence-corrected chi connectivity index (χ2v) is 7.17. The molecule has 5 heteroatoms. The van der Waals surface area contributed by atoms with Gasteiger partial charge in [0.15, 0.2) is 0 Å². The monoisotopic (exact) mass is 395 g/mol. The summed E-state index contributed by atoms with van der Waals surface area (Å²) in [5.74, 6) is 1.27. The topological polar surface area (TPSA) is 62.5 Å². The smallest absolute Gasteiger partial charge is 0.248 e. The molecule has 2 N–H and O–H groups in total. The molecule has 0 radical (unpaired) electrons. The summed E-state index contributed by atoms with van der Waals surface area (Å²) in [5.41, 5.74) is 3.51. The Kier molecular flexibility index (Phi) is 6.34. The van der Waals surface area contributed by atoms with Gasteiger partial charge in [0, 0.05) is 17.3 Å². The van der Waals surface area contributed by atoms with Gasteiger partial charge >= 0.3 is 0 Å². The van der Waals surface area contributed by atoms with Crippen molar-refractivity contribution in [2.75, 3.05) is 5.32 Å². The molecule has 1 aromatic heterocycles. The molecule has 0 saturated heterocycles. The quantitative estimate of drug-likeness (QED) is 0.513. The molecule has 2 aromatic carbocycles. The van der Waals surface area contributed by atoms with Crippen molar-refractivity contribution in [2.45, 2.75) is 26.4 Å². The maximum atomic E-state index is 12.2. The predicted molar refractivity (Wildman–Crippen MR) is 113 cm³/mol. The fourth-order valence-corrected chi connectivity index (χ4v) is 3.02. The lowest BCUT2D eigenvalue weighted by atomic mass is 10.0. The molecule has 0 spiro atoms. The number of benzene rings is 2. The second-order valence-electron chi connectivity index (χ2n) is 6.76. The first kappa shape index (κ1) is 19.9. The predicted octanol–water partition coefficient (Wildman–Crippen LogP) is 5.87. The fourth-order valence-electron chi connectivity index (χ4n) is 2.75. The van der Waals surface area contributed by atoms with Crippen LogP contribution in [0.1, 0.15) is 36.7 Å². The van der Waals surface area contributed by atoms with Crippen LogP contribution in [-0.2, 0) is 11.4 Å². The number of nitrogens with one attached hydrogen (secondary N) is 1. The maximum Gasteiger partial charge on any atom is 0.248 e. The highest BCUT2D eigenvalue weighted by Crippen LogP contribution is 2.31. The molecule has 3 aromatic rings. The highest BCUT2D eigenvalue weighted by molar-refractivity contribution is 6.33. The van der Waals surface area contributed by atoms with Gasteiger partial charge in [0.2, 0.25) is 5.91 Å². The molecule has 28 heavy (non-hydrogen) atoms. The summed E-state index contributed by atoms with van der Waals surface area (Å²) in [6.07, 6.45) is 3.26. The summed E-state index contributed by atoms with van der Waals surface area (Å²) in [5, 5.41) is 12.3. The lowest BCUT2D eigenvalue weighted by molar-refractivity contribution is -0.111. The molecule has 0 aliphatic heterocycles. The molecule has 0 atom stereocenters. The van der Waals surface area contributed by atoms with E-state index in [4.69, 9.17) is 21.1 Å². The Morgan fingerprint density at radius 3 is 2.50 bits per heavy atom. The molecule has 1 heterocycles. The van der Waals surface area contributed by atoms with Gasteiger partial charge in [0.1, 0.15) is 18.1 Å². The number of carbonyl (C=O) groups is 1. The summed E-state index contributed by atoms with van der Waals surface area (Å²) in [6.45, 7) is 4.12. The summed E-state index contributed by atoms with van der Waals surface area (Å²) in [4.78, 5) is 12.2. The third-order valence-electron chi connectivity index (χ3n) is 4.35. The molecule has 0 unspecified atom stereocenters. The molecule has 1 amide bonds. The van der Waals surface area contributed by atoms with E-state index < -0.39 is 0 Å². The lowest BCUT2D eigenvalue weighted by Crippen LogP contribution is -2.07. The minimum absolute atomic E-state index is 0.168. The van der Waals surface area contributed by atoms with E-state index in [0.29, 0.717) is 33.7 Å². The van der Waals surface area contributed by atoms with Gasteiger partial charge < -0.3 is 14.8 Å². The SMILES string of the molecule is CC(C)c1ccc(/C=C/C(=O)Nc2ccc(-c3ccc(CO)o3)c(Cl)c2)cc1. The van der Waals surface area contributed by atoms with Gasteiger partial charge in [0.25, 0.3) is 0 Å². The first-order valence-electron chi connectivity index (χ1n) is 9.05. The Labute approximate surface area is 169 Å². The highest BCUT2D eigenvalue weighted by atomic mass is 35.5. The largest absolute Gasteiger partial charge is 0.459 e. The molecule has 3 rings (SSSR count). The number of amides is 1. The van der Waals surface area contributed by atoms with Crippen LogP contribution in [0.5, 0.6) is 0 Å². The van der Waals surface area contributed by atoms with Gasteiger partial charge in [-0.15, -0.1) is 0 Å². The molecule has 0 fully saturated rings. The van der Waals surface area contributed by atoms with Crippen LogP contribution in [0.3, 0.4) is 0 Å². The molecule has 144 valence electrons. The lowest BCUT2D eigenvalue weighted by Gasteiger charge is -2.06. The summed E-state index contributed by atoms with van der Waals surface area (Å²) >= 11 is 6.32. The molecule has 4 nitrogen and oxygen atoms in total. The zero-order valence-corrected chi connectivity index (χ0v) is 16.5. The minimum atomic E-state index is -0.239. The van der Waals surface area contributed by atoms with E-state index in [9.17, 15) is 4.79 Å². The minimum Gasteiger partial charge on any atom is -0.459 e. The van der Waals surface area contributed by atoms with Crippen molar-refractivity contribution in [3.8, 4) is 11.3 Å². The van der Waals surface area contributed by atoms with Crippen molar-refractivity contribution in [1.29, 1.82) is 0 Å². The Balaban J connectivity index is 1.66.